The van der Waals surface area contributed by atoms with Crippen molar-refractivity contribution in [3.05, 3.63) is 54.5 Å². The molecule has 0 aliphatic carbocycles. The Hall–Kier alpha value is -1.00. The largest absolute Gasteiger partial charge is 0.398 e. The molecule has 29 heavy (non-hydrogen) atoms. The number of halogens is 2. The van der Waals surface area contributed by atoms with Crippen molar-refractivity contribution in [1.29, 1.82) is 0 Å². The fourth-order valence-electron chi connectivity index (χ4n) is 4.34. The molecule has 0 aliphatic heterocycles. The first-order valence-corrected chi connectivity index (χ1v) is 12.6. The van der Waals surface area contributed by atoms with Crippen LogP contribution in [0.1, 0.15) is 86.8 Å². The summed E-state index contributed by atoms with van der Waals surface area (Å²) in [6.45, 7) is 8.97. The van der Waals surface area contributed by atoms with Crippen molar-refractivity contribution in [2.75, 3.05) is 11.5 Å². The smallest absolute Gasteiger partial charge is 0.0464 e. The molecule has 0 spiro atoms. The Morgan fingerprint density at radius 1 is 0.586 bits per heavy atom. The third-order valence-electron chi connectivity index (χ3n) is 5.58. The summed E-state index contributed by atoms with van der Waals surface area (Å²) in [5, 5.41) is 0. The van der Waals surface area contributed by atoms with Crippen LogP contribution in [0.4, 0.5) is 11.4 Å². The zero-order chi connectivity index (χ0) is 21.6. The molecule has 0 heterocycles. The molecule has 0 fully saturated rings. The summed E-state index contributed by atoms with van der Waals surface area (Å²) < 4.78 is 2.17. The highest BCUT2D eigenvalue weighted by molar-refractivity contribution is 9.11. The third kappa shape index (κ3) is 5.58. The minimum Gasteiger partial charge on any atom is -0.398 e. The standard InChI is InChI=1S/C25H36Br2N2/c1-5-9-18-16(14-22(28)24(26)20(18)11-7-3)13-17-15-23(29)25(27)21(12-8-4)19(17)10-6-2/h14-15H,5-13,28-29H2,1-4H3. The predicted molar refractivity (Wildman–Crippen MR) is 136 cm³/mol. The van der Waals surface area contributed by atoms with E-state index >= 15 is 0 Å². The van der Waals surface area contributed by atoms with Crippen LogP contribution in [0, 0.1) is 0 Å². The van der Waals surface area contributed by atoms with Gasteiger partial charge >= 0.3 is 0 Å². The molecule has 0 aliphatic rings. The lowest BCUT2D eigenvalue weighted by atomic mass is 9.86. The maximum atomic E-state index is 6.42. The molecule has 0 atom stereocenters. The van der Waals surface area contributed by atoms with Gasteiger partial charge in [0, 0.05) is 20.3 Å². The highest BCUT2D eigenvalue weighted by Gasteiger charge is 2.19. The lowest BCUT2D eigenvalue weighted by Crippen LogP contribution is -2.09. The number of benzene rings is 2. The Balaban J connectivity index is 2.66. The maximum Gasteiger partial charge on any atom is 0.0464 e. The van der Waals surface area contributed by atoms with E-state index in [4.69, 9.17) is 11.5 Å². The Morgan fingerprint density at radius 2 is 0.897 bits per heavy atom. The van der Waals surface area contributed by atoms with E-state index in [1.54, 1.807) is 0 Å². The van der Waals surface area contributed by atoms with E-state index in [1.165, 1.54) is 33.4 Å². The number of hydrogen-bond donors (Lipinski definition) is 2. The molecule has 2 nitrogen and oxygen atoms in total. The van der Waals surface area contributed by atoms with Crippen molar-refractivity contribution >= 4 is 43.2 Å². The van der Waals surface area contributed by atoms with Gasteiger partial charge in [-0.05, 0) is 109 Å². The van der Waals surface area contributed by atoms with E-state index in [1.807, 2.05) is 0 Å². The fraction of sp³-hybridized carbons (Fsp3) is 0.520. The Kier molecular flexibility index (Phi) is 9.55. The van der Waals surface area contributed by atoms with E-state index < -0.39 is 0 Å². The first-order valence-electron chi connectivity index (χ1n) is 11.1. The van der Waals surface area contributed by atoms with Gasteiger partial charge in [0.15, 0.2) is 0 Å². The monoisotopic (exact) mass is 522 g/mol. The molecular weight excluding hydrogens is 488 g/mol. The second kappa shape index (κ2) is 11.4. The van der Waals surface area contributed by atoms with Crippen LogP contribution in [-0.4, -0.2) is 0 Å². The van der Waals surface area contributed by atoms with Gasteiger partial charge in [0.2, 0.25) is 0 Å². The molecule has 4 N–H and O–H groups in total. The quantitative estimate of drug-likeness (QED) is 0.312. The topological polar surface area (TPSA) is 52.0 Å². The summed E-state index contributed by atoms with van der Waals surface area (Å²) in [4.78, 5) is 0. The lowest BCUT2D eigenvalue weighted by molar-refractivity contribution is 0.831. The SMILES string of the molecule is CCCc1c(Cc2cc(N)c(Br)c(CCC)c2CCC)cc(N)c(Br)c1CCC. The normalized spacial score (nSPS) is 11.2. The van der Waals surface area contributed by atoms with Gasteiger partial charge in [-0.3, -0.25) is 0 Å². The van der Waals surface area contributed by atoms with Crippen LogP contribution in [0.3, 0.4) is 0 Å². The van der Waals surface area contributed by atoms with Gasteiger partial charge < -0.3 is 11.5 Å². The van der Waals surface area contributed by atoms with Gasteiger partial charge in [-0.25, -0.2) is 0 Å². The Labute approximate surface area is 194 Å². The van der Waals surface area contributed by atoms with Gasteiger partial charge in [0.05, 0.1) is 0 Å². The van der Waals surface area contributed by atoms with Gasteiger partial charge in [-0.2, -0.15) is 0 Å². The lowest BCUT2D eigenvalue weighted by Gasteiger charge is -2.22. The summed E-state index contributed by atoms with van der Waals surface area (Å²) >= 11 is 7.53. The van der Waals surface area contributed by atoms with E-state index in [-0.39, 0.29) is 0 Å². The summed E-state index contributed by atoms with van der Waals surface area (Å²) in [7, 11) is 0. The first-order chi connectivity index (χ1) is 13.9. The van der Waals surface area contributed by atoms with Gasteiger partial charge in [-0.15, -0.1) is 0 Å². The molecule has 2 aromatic rings. The van der Waals surface area contributed by atoms with Crippen molar-refractivity contribution in [3.8, 4) is 0 Å². The zero-order valence-electron chi connectivity index (χ0n) is 18.4. The van der Waals surface area contributed by atoms with Crippen molar-refractivity contribution in [2.24, 2.45) is 0 Å². The zero-order valence-corrected chi connectivity index (χ0v) is 21.6. The van der Waals surface area contributed by atoms with Crippen LogP contribution in [0.2, 0.25) is 0 Å². The summed E-state index contributed by atoms with van der Waals surface area (Å²) in [5.41, 5.74) is 23.0. The van der Waals surface area contributed by atoms with Gasteiger partial charge in [0.25, 0.3) is 0 Å². The first kappa shape index (κ1) is 24.3. The van der Waals surface area contributed by atoms with Crippen LogP contribution in [-0.2, 0) is 32.1 Å². The molecule has 0 unspecified atom stereocenters. The molecule has 0 radical (unpaired) electrons. The minimum atomic E-state index is 0.846. The Bertz CT molecular complexity index is 774. The molecular formula is C25H36Br2N2. The van der Waals surface area contributed by atoms with Crippen molar-refractivity contribution < 1.29 is 0 Å². The van der Waals surface area contributed by atoms with Gasteiger partial charge in [-0.1, -0.05) is 53.4 Å². The van der Waals surface area contributed by atoms with Crippen LogP contribution < -0.4 is 11.5 Å². The second-order valence-electron chi connectivity index (χ2n) is 7.97. The van der Waals surface area contributed by atoms with Gasteiger partial charge in [0.1, 0.15) is 0 Å². The average molecular weight is 524 g/mol. The Morgan fingerprint density at radius 3 is 1.21 bits per heavy atom. The van der Waals surface area contributed by atoms with E-state index in [2.05, 4.69) is 71.7 Å². The molecule has 160 valence electrons. The predicted octanol–water partition coefficient (Wildman–Crippen LogP) is 7.78. The number of hydrogen-bond acceptors (Lipinski definition) is 2. The average Bonchev–Trinajstić information content (AvgIpc) is 2.69. The molecule has 0 saturated heterocycles. The number of rotatable bonds is 10. The minimum absolute atomic E-state index is 0.846. The highest BCUT2D eigenvalue weighted by atomic mass is 79.9. The van der Waals surface area contributed by atoms with Crippen molar-refractivity contribution in [1.82, 2.24) is 0 Å². The van der Waals surface area contributed by atoms with E-state index in [9.17, 15) is 0 Å². The molecule has 0 saturated carbocycles. The van der Waals surface area contributed by atoms with Crippen LogP contribution in [0.25, 0.3) is 0 Å². The van der Waals surface area contributed by atoms with E-state index in [0.717, 1.165) is 78.1 Å². The molecule has 4 heteroatoms. The van der Waals surface area contributed by atoms with Crippen LogP contribution in [0.15, 0.2) is 21.1 Å². The highest BCUT2D eigenvalue weighted by Crippen LogP contribution is 2.37. The van der Waals surface area contributed by atoms with Crippen LogP contribution in [0.5, 0.6) is 0 Å². The number of anilines is 2. The molecule has 0 amide bonds. The number of nitrogens with two attached hydrogens (primary N) is 2. The molecule has 0 bridgehead atoms. The fourth-order valence-corrected chi connectivity index (χ4v) is 5.45. The van der Waals surface area contributed by atoms with Crippen molar-refractivity contribution in [2.45, 2.75) is 85.5 Å². The van der Waals surface area contributed by atoms with E-state index in [0.29, 0.717) is 0 Å². The molecule has 0 aromatic heterocycles. The number of nitrogen functional groups attached to an aromatic ring is 2. The third-order valence-corrected chi connectivity index (χ3v) is 7.45. The molecule has 2 aromatic carbocycles. The second-order valence-corrected chi connectivity index (χ2v) is 9.55. The van der Waals surface area contributed by atoms with Crippen LogP contribution >= 0.6 is 31.9 Å². The maximum absolute atomic E-state index is 6.42. The summed E-state index contributed by atoms with van der Waals surface area (Å²) in [5.74, 6) is 0. The van der Waals surface area contributed by atoms with Crippen molar-refractivity contribution in [3.63, 3.8) is 0 Å². The summed E-state index contributed by atoms with van der Waals surface area (Å²) in [6.07, 6.45) is 9.67. The summed E-state index contributed by atoms with van der Waals surface area (Å²) in [6, 6.07) is 4.36. The molecule has 2 rings (SSSR count).